The Morgan fingerprint density at radius 3 is 2.14 bits per heavy atom. The maximum absolute atomic E-state index is 11.0. The van der Waals surface area contributed by atoms with E-state index in [0.717, 1.165) is 19.1 Å². The van der Waals surface area contributed by atoms with Crippen molar-refractivity contribution in [1.29, 1.82) is 0 Å². The molecular formula is C17H26O5. The van der Waals surface area contributed by atoms with Crippen LogP contribution < -0.4 is 9.47 Å². The van der Waals surface area contributed by atoms with Gasteiger partial charge in [0, 0.05) is 45.3 Å². The van der Waals surface area contributed by atoms with E-state index in [4.69, 9.17) is 18.9 Å². The van der Waals surface area contributed by atoms with Gasteiger partial charge in [0.25, 0.3) is 0 Å². The summed E-state index contributed by atoms with van der Waals surface area (Å²) < 4.78 is 21.8. The summed E-state index contributed by atoms with van der Waals surface area (Å²) in [6, 6.07) is 5.24. The van der Waals surface area contributed by atoms with E-state index in [1.807, 2.05) is 13.8 Å². The fraction of sp³-hybridized carbons (Fsp3) is 0.588. The lowest BCUT2D eigenvalue weighted by Gasteiger charge is -2.11. The summed E-state index contributed by atoms with van der Waals surface area (Å²) in [6.07, 6.45) is 2.40. The first-order chi connectivity index (χ1) is 10.8. The number of ether oxygens (including phenoxy) is 4. The van der Waals surface area contributed by atoms with Crippen LogP contribution in [0, 0.1) is 0 Å². The third kappa shape index (κ3) is 7.43. The van der Waals surface area contributed by atoms with Crippen molar-refractivity contribution < 1.29 is 23.7 Å². The first kappa shape index (κ1) is 18.5. The van der Waals surface area contributed by atoms with E-state index in [1.165, 1.54) is 0 Å². The summed E-state index contributed by atoms with van der Waals surface area (Å²) >= 11 is 0. The summed E-state index contributed by atoms with van der Waals surface area (Å²) in [7, 11) is 0. The van der Waals surface area contributed by atoms with Gasteiger partial charge in [-0.05, 0) is 26.0 Å². The maximum Gasteiger partial charge on any atom is 0.153 e. The minimum atomic E-state index is 0.509. The fourth-order valence-corrected chi connectivity index (χ4v) is 1.81. The Hall–Kier alpha value is -1.59. The van der Waals surface area contributed by atoms with E-state index in [0.29, 0.717) is 56.7 Å². The topological polar surface area (TPSA) is 54.0 Å². The van der Waals surface area contributed by atoms with Gasteiger partial charge in [-0.3, -0.25) is 4.79 Å². The van der Waals surface area contributed by atoms with Crippen LogP contribution in [-0.4, -0.2) is 45.9 Å². The predicted octanol–water partition coefficient (Wildman–Crippen LogP) is 3.11. The monoisotopic (exact) mass is 310 g/mol. The number of carbonyl (C=O) groups is 1. The van der Waals surface area contributed by atoms with E-state index >= 15 is 0 Å². The zero-order valence-corrected chi connectivity index (χ0v) is 13.5. The second-order valence-corrected chi connectivity index (χ2v) is 4.62. The molecule has 0 unspecified atom stereocenters. The van der Waals surface area contributed by atoms with Crippen LogP contribution in [0.3, 0.4) is 0 Å². The van der Waals surface area contributed by atoms with Crippen molar-refractivity contribution in [1.82, 2.24) is 0 Å². The Labute approximate surface area is 132 Å². The second-order valence-electron chi connectivity index (χ2n) is 4.62. The Bertz CT molecular complexity index is 420. The van der Waals surface area contributed by atoms with Gasteiger partial charge in [0.2, 0.25) is 0 Å². The molecule has 5 heteroatoms. The van der Waals surface area contributed by atoms with Gasteiger partial charge >= 0.3 is 0 Å². The second kappa shape index (κ2) is 12.0. The summed E-state index contributed by atoms with van der Waals surface area (Å²) in [5, 5.41) is 0. The van der Waals surface area contributed by atoms with Crippen molar-refractivity contribution in [2.45, 2.75) is 26.7 Å². The van der Waals surface area contributed by atoms with Gasteiger partial charge in [-0.2, -0.15) is 0 Å². The molecule has 0 atom stereocenters. The molecule has 0 bridgehead atoms. The van der Waals surface area contributed by atoms with Gasteiger partial charge in [-0.15, -0.1) is 0 Å². The highest BCUT2D eigenvalue weighted by Gasteiger charge is 2.06. The molecule has 22 heavy (non-hydrogen) atoms. The summed E-state index contributed by atoms with van der Waals surface area (Å²) in [4.78, 5) is 11.0. The van der Waals surface area contributed by atoms with Gasteiger partial charge in [0.05, 0.1) is 18.8 Å². The number of aldehydes is 1. The van der Waals surface area contributed by atoms with Crippen LogP contribution in [0.2, 0.25) is 0 Å². The number of hydrogen-bond acceptors (Lipinski definition) is 5. The first-order valence-corrected chi connectivity index (χ1v) is 7.82. The van der Waals surface area contributed by atoms with Crippen LogP contribution >= 0.6 is 0 Å². The normalized spacial score (nSPS) is 10.5. The lowest BCUT2D eigenvalue weighted by molar-refractivity contribution is 0.111. The average Bonchev–Trinajstić information content (AvgIpc) is 2.54. The number of carbonyl (C=O) groups excluding carboxylic acids is 1. The van der Waals surface area contributed by atoms with Crippen LogP contribution in [0.5, 0.6) is 11.5 Å². The standard InChI is InChI=1S/C17H26O5/c1-3-19-9-5-11-21-16-8-7-15(14-18)17(13-16)22-12-6-10-20-4-2/h7-8,13-14H,3-6,9-12H2,1-2H3. The molecule has 124 valence electrons. The number of hydrogen-bond donors (Lipinski definition) is 0. The minimum Gasteiger partial charge on any atom is -0.493 e. The van der Waals surface area contributed by atoms with Gasteiger partial charge in [-0.25, -0.2) is 0 Å². The highest BCUT2D eigenvalue weighted by atomic mass is 16.5. The smallest absolute Gasteiger partial charge is 0.153 e. The van der Waals surface area contributed by atoms with E-state index in [2.05, 4.69) is 0 Å². The van der Waals surface area contributed by atoms with E-state index in [1.54, 1.807) is 18.2 Å². The summed E-state index contributed by atoms with van der Waals surface area (Å²) in [5.41, 5.74) is 0.526. The van der Waals surface area contributed by atoms with E-state index in [-0.39, 0.29) is 0 Å². The van der Waals surface area contributed by atoms with Crippen LogP contribution in [-0.2, 0) is 9.47 Å². The van der Waals surface area contributed by atoms with Crippen molar-refractivity contribution in [3.63, 3.8) is 0 Å². The van der Waals surface area contributed by atoms with Gasteiger partial charge < -0.3 is 18.9 Å². The molecule has 0 N–H and O–H groups in total. The zero-order chi connectivity index (χ0) is 16.0. The molecular weight excluding hydrogens is 284 g/mol. The van der Waals surface area contributed by atoms with Crippen molar-refractivity contribution in [3.05, 3.63) is 23.8 Å². The molecule has 0 heterocycles. The zero-order valence-electron chi connectivity index (χ0n) is 13.5. The average molecular weight is 310 g/mol. The summed E-state index contributed by atoms with van der Waals surface area (Å²) in [5.74, 6) is 1.25. The lowest BCUT2D eigenvalue weighted by Crippen LogP contribution is -2.06. The van der Waals surface area contributed by atoms with Crippen molar-refractivity contribution >= 4 is 6.29 Å². The fourth-order valence-electron chi connectivity index (χ4n) is 1.81. The molecule has 0 aliphatic rings. The van der Waals surface area contributed by atoms with Gasteiger partial charge in [0.15, 0.2) is 6.29 Å². The minimum absolute atomic E-state index is 0.509. The Morgan fingerprint density at radius 2 is 1.55 bits per heavy atom. The van der Waals surface area contributed by atoms with Gasteiger partial charge in [-0.1, -0.05) is 0 Å². The highest BCUT2D eigenvalue weighted by Crippen LogP contribution is 2.24. The van der Waals surface area contributed by atoms with Gasteiger partial charge in [0.1, 0.15) is 11.5 Å². The maximum atomic E-state index is 11.0. The van der Waals surface area contributed by atoms with Crippen LogP contribution in [0.4, 0.5) is 0 Å². The van der Waals surface area contributed by atoms with Crippen molar-refractivity contribution in [2.24, 2.45) is 0 Å². The molecule has 0 aromatic heterocycles. The van der Waals surface area contributed by atoms with Crippen LogP contribution in [0.25, 0.3) is 0 Å². The summed E-state index contributed by atoms with van der Waals surface area (Å²) in [6.45, 7) is 7.76. The molecule has 0 fully saturated rings. The molecule has 0 saturated heterocycles. The van der Waals surface area contributed by atoms with E-state index in [9.17, 15) is 4.79 Å². The van der Waals surface area contributed by atoms with Crippen molar-refractivity contribution in [3.8, 4) is 11.5 Å². The van der Waals surface area contributed by atoms with E-state index < -0.39 is 0 Å². The molecule has 5 nitrogen and oxygen atoms in total. The molecule has 0 amide bonds. The third-order valence-electron chi connectivity index (χ3n) is 2.91. The molecule has 0 aliphatic heterocycles. The molecule has 0 spiro atoms. The quantitative estimate of drug-likeness (QED) is 0.414. The number of rotatable bonds is 13. The molecule has 1 rings (SSSR count). The first-order valence-electron chi connectivity index (χ1n) is 7.82. The third-order valence-corrected chi connectivity index (χ3v) is 2.91. The number of benzene rings is 1. The predicted molar refractivity (Wildman–Crippen MR) is 85.0 cm³/mol. The highest BCUT2D eigenvalue weighted by molar-refractivity contribution is 5.79. The largest absolute Gasteiger partial charge is 0.493 e. The molecule has 0 saturated carbocycles. The molecule has 1 aromatic carbocycles. The van der Waals surface area contributed by atoms with Crippen molar-refractivity contribution in [2.75, 3.05) is 39.6 Å². The Morgan fingerprint density at radius 1 is 0.909 bits per heavy atom. The Balaban J connectivity index is 2.44. The lowest BCUT2D eigenvalue weighted by atomic mass is 10.2. The van der Waals surface area contributed by atoms with Crippen LogP contribution in [0.15, 0.2) is 18.2 Å². The SMILES string of the molecule is CCOCCCOc1ccc(C=O)c(OCCCOCC)c1. The molecule has 0 radical (unpaired) electrons. The van der Waals surface area contributed by atoms with Crippen LogP contribution in [0.1, 0.15) is 37.0 Å². The Kier molecular flexibility index (Phi) is 10.1. The molecule has 1 aromatic rings. The molecule has 0 aliphatic carbocycles.